The van der Waals surface area contributed by atoms with Gasteiger partial charge in [0.1, 0.15) is 20.2 Å². The van der Waals surface area contributed by atoms with Crippen LogP contribution < -0.4 is 69.1 Å². The molecule has 0 fully saturated rings. The van der Waals surface area contributed by atoms with Crippen LogP contribution in [-0.4, -0.2) is 55.8 Å². The standard InChI is InChI=1S/C32H16N8O6S2.Cu.2Na/c41-47(42,43)21-13-5-11-19-23(21)31-37-27-17-9-3-1-7-15(17)25(34-27)33-26-16-8-2-4-10-18(16)28(35-26)38-32-24-20(30(40-32)36-29(19)39-31)12-6-14-22(24)48(44,45)46;;;/h1-14H,(H2-2,33,34,35,36,37,38,39,40,41,42,43,44,45,46);;;/q-2;+2;2*+1/p-2. The Labute approximate surface area is 343 Å². The number of fused-ring (bicyclic) bond motifs is 20. The molecule has 3 aromatic heterocycles. The van der Waals surface area contributed by atoms with Gasteiger partial charge in [0, 0.05) is 50.2 Å². The quantitative estimate of drug-likeness (QED) is 0.136. The van der Waals surface area contributed by atoms with Crippen molar-refractivity contribution in [2.45, 2.75) is 9.79 Å². The zero-order chi connectivity index (χ0) is 32.9. The summed E-state index contributed by atoms with van der Waals surface area (Å²) >= 11 is 0. The number of rotatable bonds is 2. The molecule has 8 bridgehead atoms. The van der Waals surface area contributed by atoms with Gasteiger partial charge in [-0.25, -0.2) is 26.8 Å². The third-order valence-electron chi connectivity index (χ3n) is 8.03. The minimum absolute atomic E-state index is 0. The Morgan fingerprint density at radius 1 is 0.451 bits per heavy atom. The number of hydrogen-bond donors (Lipinski definition) is 0. The average molecular weight is 780 g/mol. The summed E-state index contributed by atoms with van der Waals surface area (Å²) in [5.41, 5.74) is 1.46. The second-order valence-electron chi connectivity index (χ2n) is 10.8. The smallest absolute Gasteiger partial charge is 0.744 e. The molecule has 19 heteroatoms. The van der Waals surface area contributed by atoms with Crippen molar-refractivity contribution in [2.75, 3.05) is 0 Å². The Bertz CT molecular complexity index is 3000. The second-order valence-corrected chi connectivity index (χ2v) is 13.5. The van der Waals surface area contributed by atoms with E-state index in [0.717, 1.165) is 12.1 Å². The Morgan fingerprint density at radius 3 is 1.47 bits per heavy atom. The van der Waals surface area contributed by atoms with Crippen molar-refractivity contribution in [1.29, 1.82) is 0 Å². The van der Waals surface area contributed by atoms with Gasteiger partial charge in [0.05, 0.1) is 33.1 Å². The van der Waals surface area contributed by atoms with Crippen molar-refractivity contribution in [3.8, 4) is 45.6 Å². The molecule has 1 radical (unpaired) electrons. The van der Waals surface area contributed by atoms with Crippen LogP contribution in [0.15, 0.2) is 94.7 Å². The van der Waals surface area contributed by atoms with Crippen molar-refractivity contribution in [1.82, 2.24) is 39.9 Å². The maximum atomic E-state index is 12.4. The molecule has 0 saturated carbocycles. The van der Waals surface area contributed by atoms with Crippen LogP contribution in [0.3, 0.4) is 0 Å². The van der Waals surface area contributed by atoms with Gasteiger partial charge in [-0.05, 0) is 28.3 Å². The SMILES string of the molecule is O=S(=O)([O-])c1cccc2c1-c1nc-2nc2[n-]c(nc3nc(nc4[n-]c(n1)c1ccccc41)-c1ccccc1-3)c1c(S(=O)(=O)[O-])cccc21.[Cu+2].[Na+].[Na+]. The predicted molar refractivity (Wildman–Crippen MR) is 170 cm³/mol. The van der Waals surface area contributed by atoms with Crippen LogP contribution in [0.2, 0.25) is 0 Å². The first-order valence-corrected chi connectivity index (χ1v) is 16.9. The van der Waals surface area contributed by atoms with E-state index in [2.05, 4.69) is 34.9 Å². The van der Waals surface area contributed by atoms with E-state index in [1.807, 2.05) is 0 Å². The maximum Gasteiger partial charge on any atom is 2.00 e. The molecule has 2 aliphatic rings. The average Bonchev–Trinajstić information content (AvgIpc) is 3.79. The van der Waals surface area contributed by atoms with E-state index < -0.39 is 30.0 Å². The fraction of sp³-hybridized carbons (Fsp3) is 0. The molecule has 243 valence electrons. The summed E-state index contributed by atoms with van der Waals surface area (Å²) in [7, 11) is -10.0. The number of benzene rings is 4. The molecule has 0 N–H and O–H groups in total. The summed E-state index contributed by atoms with van der Waals surface area (Å²) in [6.45, 7) is 0. The van der Waals surface area contributed by atoms with Gasteiger partial charge in [-0.3, -0.25) is 0 Å². The van der Waals surface area contributed by atoms with Crippen molar-refractivity contribution in [2.24, 2.45) is 0 Å². The Morgan fingerprint density at radius 2 is 0.863 bits per heavy atom. The number of hydrogen-bond acceptors (Lipinski definition) is 12. The van der Waals surface area contributed by atoms with Gasteiger partial charge >= 0.3 is 76.2 Å². The monoisotopic (exact) mass is 779 g/mol. The Kier molecular flexibility index (Phi) is 9.90. The van der Waals surface area contributed by atoms with Gasteiger partial charge in [0.2, 0.25) is 0 Å². The minimum Gasteiger partial charge on any atom is -0.744 e. The fourth-order valence-electron chi connectivity index (χ4n) is 6.01. The Balaban J connectivity index is 0.00000149. The van der Waals surface area contributed by atoms with E-state index in [1.54, 1.807) is 48.5 Å². The molecule has 14 nitrogen and oxygen atoms in total. The topological polar surface area (TPSA) is 220 Å². The predicted octanol–water partition coefficient (Wildman–Crippen LogP) is -2.06. The Hall–Kier alpha value is -3.42. The molecule has 0 atom stereocenters. The van der Waals surface area contributed by atoms with Gasteiger partial charge in [-0.1, -0.05) is 72.8 Å². The first-order valence-electron chi connectivity index (χ1n) is 14.1. The zero-order valence-electron chi connectivity index (χ0n) is 26.2. The van der Waals surface area contributed by atoms with Gasteiger partial charge in [-0.2, -0.15) is 0 Å². The van der Waals surface area contributed by atoms with Crippen molar-refractivity contribution >= 4 is 64.4 Å². The summed E-state index contributed by atoms with van der Waals surface area (Å²) in [6.07, 6.45) is 0. The van der Waals surface area contributed by atoms with Gasteiger partial charge < -0.3 is 39.0 Å². The summed E-state index contributed by atoms with van der Waals surface area (Å²) in [5, 5.41) is 1.27. The van der Waals surface area contributed by atoms with Gasteiger partial charge in [0.15, 0.2) is 0 Å². The van der Waals surface area contributed by atoms with E-state index in [4.69, 9.17) is 4.98 Å². The first-order chi connectivity index (χ1) is 23.0. The fourth-order valence-corrected chi connectivity index (χ4v) is 7.40. The largest absolute Gasteiger partial charge is 2.00 e. The second kappa shape index (κ2) is 13.5. The summed E-state index contributed by atoms with van der Waals surface area (Å²) < 4.78 is 74.6. The number of aromatic nitrogens is 8. The van der Waals surface area contributed by atoms with Crippen molar-refractivity contribution in [3.05, 3.63) is 84.9 Å². The maximum absolute atomic E-state index is 12.4. The van der Waals surface area contributed by atoms with Crippen LogP contribution in [0.5, 0.6) is 0 Å². The van der Waals surface area contributed by atoms with Crippen LogP contribution >= 0.6 is 0 Å². The molecule has 4 aromatic carbocycles. The summed E-state index contributed by atoms with van der Waals surface area (Å²) in [5.74, 6) is 0.194. The van der Waals surface area contributed by atoms with Crippen LogP contribution in [0.4, 0.5) is 0 Å². The normalized spacial score (nSPS) is 12.0. The van der Waals surface area contributed by atoms with Crippen molar-refractivity contribution < 1.29 is 102 Å². The van der Waals surface area contributed by atoms with E-state index in [0.29, 0.717) is 21.9 Å². The summed E-state index contributed by atoms with van der Waals surface area (Å²) in [4.78, 5) is 35.9. The zero-order valence-corrected chi connectivity index (χ0v) is 32.8. The van der Waals surface area contributed by atoms with Crippen LogP contribution in [0.25, 0.3) is 89.7 Å². The van der Waals surface area contributed by atoms with E-state index in [1.165, 1.54) is 24.3 Å². The molecule has 0 aliphatic carbocycles. The molecule has 0 amide bonds. The van der Waals surface area contributed by atoms with Crippen LogP contribution in [-0.2, 0) is 37.3 Å². The molecule has 0 unspecified atom stereocenters. The third kappa shape index (κ3) is 6.16. The molecule has 7 aromatic rings. The number of nitrogens with zero attached hydrogens (tertiary/aromatic N) is 8. The molecule has 2 aliphatic heterocycles. The molecular formula is C32H14CuN8Na2O6S2. The van der Waals surface area contributed by atoms with E-state index in [9.17, 15) is 25.9 Å². The van der Waals surface area contributed by atoms with Gasteiger partial charge in [-0.15, -0.1) is 0 Å². The first kappa shape index (κ1) is 37.3. The van der Waals surface area contributed by atoms with Crippen molar-refractivity contribution in [3.63, 3.8) is 0 Å². The molecule has 51 heavy (non-hydrogen) atoms. The van der Waals surface area contributed by atoms with Crippen LogP contribution in [0, 0.1) is 0 Å². The molecule has 9 rings (SSSR count). The molecular weight excluding hydrogens is 766 g/mol. The molecule has 0 spiro atoms. The minimum atomic E-state index is -5.01. The third-order valence-corrected chi connectivity index (χ3v) is 9.79. The van der Waals surface area contributed by atoms with Crippen LogP contribution in [0.1, 0.15) is 0 Å². The van der Waals surface area contributed by atoms with Gasteiger partial charge in [0.25, 0.3) is 0 Å². The summed E-state index contributed by atoms with van der Waals surface area (Å²) in [6, 6.07) is 22.4. The molecule has 5 heterocycles. The van der Waals surface area contributed by atoms with E-state index in [-0.39, 0.29) is 144 Å². The van der Waals surface area contributed by atoms with E-state index >= 15 is 0 Å². The molecule has 0 saturated heterocycles.